The van der Waals surface area contributed by atoms with E-state index in [1.807, 2.05) is 19.9 Å². The molecule has 2 aromatic rings. The van der Waals surface area contributed by atoms with Crippen LogP contribution in [0.2, 0.25) is 0 Å². The quantitative estimate of drug-likeness (QED) is 0.876. The Balaban J connectivity index is 2.07. The number of carbonyl (C=O) groups is 1. The summed E-state index contributed by atoms with van der Waals surface area (Å²) < 4.78 is 2.71. The molecule has 8 heteroatoms. The summed E-state index contributed by atoms with van der Waals surface area (Å²) in [6, 6.07) is 1.92. The van der Waals surface area contributed by atoms with Crippen LogP contribution in [0.5, 0.6) is 0 Å². The van der Waals surface area contributed by atoms with E-state index < -0.39 is 0 Å². The minimum atomic E-state index is -0.205. The van der Waals surface area contributed by atoms with Crippen LogP contribution in [0.4, 0.5) is 5.82 Å². The summed E-state index contributed by atoms with van der Waals surface area (Å²) in [4.78, 5) is 20.1. The van der Waals surface area contributed by atoms with Crippen LogP contribution in [0.15, 0.2) is 21.5 Å². The molecule has 2 aromatic heterocycles. The number of hydrogen-bond donors (Lipinski definition) is 1. The summed E-state index contributed by atoms with van der Waals surface area (Å²) in [5.41, 5.74) is 1.82. The van der Waals surface area contributed by atoms with Crippen LogP contribution in [-0.4, -0.2) is 25.7 Å². The van der Waals surface area contributed by atoms with Crippen molar-refractivity contribution >= 4 is 43.6 Å². The predicted octanol–water partition coefficient (Wildman–Crippen LogP) is 2.45. The number of amides is 1. The highest BCUT2D eigenvalue weighted by molar-refractivity contribution is 9.11. The molecule has 1 N–H and O–H groups in total. The summed E-state index contributed by atoms with van der Waals surface area (Å²) in [6.45, 7) is 3.94. The number of rotatable bonds is 3. The van der Waals surface area contributed by atoms with Gasteiger partial charge < -0.3 is 5.32 Å². The fourth-order valence-electron chi connectivity index (χ4n) is 1.57. The molecule has 19 heavy (non-hydrogen) atoms. The maximum atomic E-state index is 11.9. The van der Waals surface area contributed by atoms with E-state index in [1.54, 1.807) is 4.68 Å². The van der Waals surface area contributed by atoms with Crippen LogP contribution in [0, 0.1) is 13.8 Å². The van der Waals surface area contributed by atoms with Crippen molar-refractivity contribution in [2.24, 2.45) is 0 Å². The summed E-state index contributed by atoms with van der Waals surface area (Å²) in [5, 5.41) is 6.91. The van der Waals surface area contributed by atoms with Crippen molar-refractivity contribution < 1.29 is 4.79 Å². The van der Waals surface area contributed by atoms with Gasteiger partial charge in [0.15, 0.2) is 5.82 Å². The minimum absolute atomic E-state index is 0.143. The zero-order valence-electron chi connectivity index (χ0n) is 10.3. The van der Waals surface area contributed by atoms with Crippen molar-refractivity contribution in [1.29, 1.82) is 0 Å². The number of halogens is 2. The van der Waals surface area contributed by atoms with Gasteiger partial charge in [-0.1, -0.05) is 0 Å². The molecule has 0 saturated carbocycles. The van der Waals surface area contributed by atoms with Gasteiger partial charge in [0.2, 0.25) is 5.91 Å². The van der Waals surface area contributed by atoms with E-state index in [0.717, 1.165) is 11.4 Å². The Labute approximate surface area is 126 Å². The molecule has 0 fully saturated rings. The Morgan fingerprint density at radius 2 is 2.16 bits per heavy atom. The van der Waals surface area contributed by atoms with Crippen LogP contribution in [0.3, 0.4) is 0 Å². The number of nitrogens with one attached hydrogen (secondary N) is 1. The third-order valence-electron chi connectivity index (χ3n) is 2.36. The van der Waals surface area contributed by atoms with E-state index >= 15 is 0 Å². The Morgan fingerprint density at radius 3 is 2.74 bits per heavy atom. The molecule has 0 aliphatic carbocycles. The van der Waals surface area contributed by atoms with E-state index in [-0.39, 0.29) is 12.5 Å². The highest BCUT2D eigenvalue weighted by Gasteiger charge is 2.11. The summed E-state index contributed by atoms with van der Waals surface area (Å²) in [7, 11) is 0. The molecule has 0 atom stereocenters. The average Bonchev–Trinajstić information content (AvgIpc) is 2.61. The van der Waals surface area contributed by atoms with Gasteiger partial charge in [-0.2, -0.15) is 5.10 Å². The van der Waals surface area contributed by atoms with Gasteiger partial charge in [-0.3, -0.25) is 9.48 Å². The number of aryl methyl sites for hydroxylation is 2. The topological polar surface area (TPSA) is 72.7 Å². The number of nitrogens with zero attached hydrogens (tertiary/aromatic N) is 4. The van der Waals surface area contributed by atoms with E-state index in [2.05, 4.69) is 52.2 Å². The van der Waals surface area contributed by atoms with E-state index in [1.165, 1.54) is 6.20 Å². The summed E-state index contributed by atoms with van der Waals surface area (Å²) >= 11 is 6.44. The second-order valence-corrected chi connectivity index (χ2v) is 5.53. The third kappa shape index (κ3) is 3.60. The van der Waals surface area contributed by atoms with Gasteiger partial charge >= 0.3 is 0 Å². The second-order valence-electron chi connectivity index (χ2n) is 3.97. The van der Waals surface area contributed by atoms with Crippen molar-refractivity contribution in [1.82, 2.24) is 19.7 Å². The molecule has 2 heterocycles. The maximum absolute atomic E-state index is 11.9. The van der Waals surface area contributed by atoms with Crippen LogP contribution < -0.4 is 5.32 Å². The summed E-state index contributed by atoms with van der Waals surface area (Å²) in [5.74, 6) is 0.179. The average molecular weight is 389 g/mol. The lowest BCUT2D eigenvalue weighted by molar-refractivity contribution is -0.117. The van der Waals surface area contributed by atoms with Gasteiger partial charge in [-0.05, 0) is 51.8 Å². The molecule has 0 saturated heterocycles. The molecule has 0 spiro atoms. The lowest BCUT2D eigenvalue weighted by Crippen LogP contribution is -2.21. The van der Waals surface area contributed by atoms with Crippen molar-refractivity contribution in [2.45, 2.75) is 20.4 Å². The number of anilines is 1. The lowest BCUT2D eigenvalue weighted by Gasteiger charge is -2.07. The van der Waals surface area contributed by atoms with Crippen LogP contribution in [-0.2, 0) is 11.3 Å². The molecule has 100 valence electrons. The number of aromatic nitrogens is 4. The Bertz CT molecular complexity index is 626. The summed E-state index contributed by atoms with van der Waals surface area (Å²) in [6.07, 6.45) is 1.52. The molecule has 2 rings (SSSR count). The molecular weight excluding hydrogens is 378 g/mol. The van der Waals surface area contributed by atoms with Crippen LogP contribution in [0.25, 0.3) is 0 Å². The zero-order valence-corrected chi connectivity index (χ0v) is 13.5. The molecule has 0 bridgehead atoms. The van der Waals surface area contributed by atoms with Crippen LogP contribution >= 0.6 is 31.9 Å². The molecule has 0 unspecified atom stereocenters. The van der Waals surface area contributed by atoms with Crippen molar-refractivity contribution in [3.8, 4) is 0 Å². The van der Waals surface area contributed by atoms with E-state index in [0.29, 0.717) is 15.0 Å². The zero-order chi connectivity index (χ0) is 14.0. The smallest absolute Gasteiger partial charge is 0.247 e. The number of carbonyl (C=O) groups excluding carboxylic acids is 1. The maximum Gasteiger partial charge on any atom is 0.247 e. The Morgan fingerprint density at radius 1 is 1.42 bits per heavy atom. The first-order valence-electron chi connectivity index (χ1n) is 5.44. The van der Waals surface area contributed by atoms with E-state index in [9.17, 15) is 4.79 Å². The first kappa shape index (κ1) is 14.1. The second kappa shape index (κ2) is 5.79. The van der Waals surface area contributed by atoms with Crippen molar-refractivity contribution in [3.63, 3.8) is 0 Å². The third-order valence-corrected chi connectivity index (χ3v) is 3.29. The normalized spacial score (nSPS) is 10.5. The largest absolute Gasteiger partial charge is 0.307 e. The molecule has 0 radical (unpaired) electrons. The first-order chi connectivity index (χ1) is 8.95. The molecule has 0 aromatic carbocycles. The standard InChI is InChI=1S/C11H11Br2N5O/c1-6-3-7(2)18(17-6)5-9(19)16-11-10(13)15-8(12)4-14-11/h3-4H,5H2,1-2H3,(H,14,16,19). The molecule has 6 nitrogen and oxygen atoms in total. The van der Waals surface area contributed by atoms with Gasteiger partial charge in [-0.25, -0.2) is 9.97 Å². The van der Waals surface area contributed by atoms with Gasteiger partial charge in [0.1, 0.15) is 15.8 Å². The SMILES string of the molecule is Cc1cc(C)n(CC(=O)Nc2ncc(Br)nc2Br)n1. The minimum Gasteiger partial charge on any atom is -0.307 e. The monoisotopic (exact) mass is 387 g/mol. The van der Waals surface area contributed by atoms with Gasteiger partial charge in [0.25, 0.3) is 0 Å². The highest BCUT2D eigenvalue weighted by atomic mass is 79.9. The molecule has 0 aliphatic heterocycles. The molecule has 0 aliphatic rings. The highest BCUT2D eigenvalue weighted by Crippen LogP contribution is 2.19. The van der Waals surface area contributed by atoms with Crippen molar-refractivity contribution in [3.05, 3.63) is 32.9 Å². The van der Waals surface area contributed by atoms with Gasteiger partial charge in [0, 0.05) is 5.69 Å². The van der Waals surface area contributed by atoms with Gasteiger partial charge in [-0.15, -0.1) is 0 Å². The first-order valence-corrected chi connectivity index (χ1v) is 7.03. The predicted molar refractivity (Wildman–Crippen MR) is 77.8 cm³/mol. The molecular formula is C11H11Br2N5O. The number of hydrogen-bond acceptors (Lipinski definition) is 4. The van der Waals surface area contributed by atoms with Crippen molar-refractivity contribution in [2.75, 3.05) is 5.32 Å². The fraction of sp³-hybridized carbons (Fsp3) is 0.273. The fourth-order valence-corrected chi connectivity index (χ4v) is 2.48. The Kier molecular flexibility index (Phi) is 4.31. The molecule has 1 amide bonds. The van der Waals surface area contributed by atoms with Gasteiger partial charge in [0.05, 0.1) is 11.9 Å². The lowest BCUT2D eigenvalue weighted by atomic mass is 10.4. The van der Waals surface area contributed by atoms with E-state index in [4.69, 9.17) is 0 Å². The Hall–Kier alpha value is -1.28. The van der Waals surface area contributed by atoms with Crippen LogP contribution in [0.1, 0.15) is 11.4 Å².